The van der Waals surface area contributed by atoms with Crippen LogP contribution >= 0.6 is 11.6 Å². The average molecular weight is 555 g/mol. The van der Waals surface area contributed by atoms with Gasteiger partial charge in [0.05, 0.1) is 17.2 Å². The van der Waals surface area contributed by atoms with Crippen LogP contribution in [0.15, 0.2) is 66.7 Å². The van der Waals surface area contributed by atoms with E-state index in [1.165, 1.54) is 16.7 Å². The minimum atomic E-state index is -5.09. The molecule has 4 nitrogen and oxygen atoms in total. The molecule has 0 aliphatic carbocycles. The Balaban J connectivity index is 1.81. The molecule has 1 aliphatic rings. The highest BCUT2D eigenvalue weighted by Crippen LogP contribution is 2.44. The Morgan fingerprint density at radius 1 is 0.895 bits per heavy atom. The van der Waals surface area contributed by atoms with Crippen molar-refractivity contribution in [1.82, 2.24) is 0 Å². The van der Waals surface area contributed by atoms with Crippen LogP contribution in [0.1, 0.15) is 53.4 Å². The molecule has 0 unspecified atom stereocenters. The van der Waals surface area contributed by atoms with Crippen molar-refractivity contribution in [3.8, 4) is 0 Å². The summed E-state index contributed by atoms with van der Waals surface area (Å²) in [5.74, 6) is -1.31. The molecule has 2 amide bonds. The highest BCUT2D eigenvalue weighted by atomic mass is 35.5. The lowest BCUT2D eigenvalue weighted by Gasteiger charge is -2.43. The number of anilines is 2. The number of hydrogen-bond donors (Lipinski definition) is 0. The lowest BCUT2D eigenvalue weighted by atomic mass is 9.89. The second-order valence-electron chi connectivity index (χ2n) is 8.99. The molecule has 0 aromatic heterocycles. The number of nitrogens with zero attached hydrogens (tertiary/aromatic N) is 2. The Morgan fingerprint density at radius 2 is 1.45 bits per heavy atom. The molecule has 2 atom stereocenters. The molecule has 1 heterocycles. The predicted molar refractivity (Wildman–Crippen MR) is 131 cm³/mol. The van der Waals surface area contributed by atoms with Crippen LogP contribution in [0.2, 0.25) is 5.02 Å². The SMILES string of the molecule is CC(=O)N(c1ccc(Cl)cc1)[C@@H]1C[C@H](C)N(C(=O)c2cc(C(F)(F)F)cc(C(F)(F)F)c2)c2ccccc21. The number of amides is 2. The van der Waals surface area contributed by atoms with Gasteiger partial charge in [-0.2, -0.15) is 26.3 Å². The number of para-hydroxylation sites is 1. The molecule has 3 aromatic rings. The standard InChI is InChI=1S/C27H21ClF6N2O2/c1-15-11-24(36(16(2)37)21-9-7-20(28)8-10-21)22-5-3-4-6-23(22)35(15)25(38)17-12-18(26(29,30)31)14-19(13-17)27(32,33)34/h3-10,12-15,24H,11H2,1-2H3/t15-,24+/m0/s1. The van der Waals surface area contributed by atoms with Crippen LogP contribution in [-0.4, -0.2) is 17.9 Å². The van der Waals surface area contributed by atoms with Crippen LogP contribution in [0.3, 0.4) is 0 Å². The molecular formula is C27H21ClF6N2O2. The highest BCUT2D eigenvalue weighted by Gasteiger charge is 2.41. The summed E-state index contributed by atoms with van der Waals surface area (Å²) in [7, 11) is 0. The number of halogens is 7. The van der Waals surface area contributed by atoms with Crippen LogP contribution < -0.4 is 9.80 Å². The highest BCUT2D eigenvalue weighted by molar-refractivity contribution is 6.30. The molecule has 0 fully saturated rings. The first-order valence-electron chi connectivity index (χ1n) is 11.5. The number of alkyl halides is 6. The van der Waals surface area contributed by atoms with Gasteiger partial charge in [-0.1, -0.05) is 29.8 Å². The maximum atomic E-state index is 13.5. The molecule has 0 radical (unpaired) electrons. The number of hydrogen-bond acceptors (Lipinski definition) is 2. The lowest BCUT2D eigenvalue weighted by molar-refractivity contribution is -0.143. The van der Waals surface area contributed by atoms with Crippen LogP contribution in [-0.2, 0) is 17.1 Å². The van der Waals surface area contributed by atoms with Gasteiger partial charge in [-0.05, 0) is 67.4 Å². The average Bonchev–Trinajstić information content (AvgIpc) is 2.83. The maximum absolute atomic E-state index is 13.5. The zero-order valence-corrected chi connectivity index (χ0v) is 20.8. The second kappa shape index (κ2) is 9.98. The predicted octanol–water partition coefficient (Wildman–Crippen LogP) is 7.91. The summed E-state index contributed by atoms with van der Waals surface area (Å²) in [6.07, 6.45) is -10.0. The van der Waals surface area contributed by atoms with Gasteiger partial charge < -0.3 is 9.80 Å². The summed E-state index contributed by atoms with van der Waals surface area (Å²) >= 11 is 5.99. The lowest BCUT2D eigenvalue weighted by Crippen LogP contribution is -2.47. The van der Waals surface area contributed by atoms with E-state index in [4.69, 9.17) is 11.6 Å². The van der Waals surface area contributed by atoms with E-state index in [0.717, 1.165) is 0 Å². The fraction of sp³-hybridized carbons (Fsp3) is 0.259. The zero-order chi connectivity index (χ0) is 28.0. The number of fused-ring (bicyclic) bond motifs is 1. The Bertz CT molecular complexity index is 1340. The Labute approximate surface area is 219 Å². The van der Waals surface area contributed by atoms with E-state index in [0.29, 0.717) is 28.4 Å². The summed E-state index contributed by atoms with van der Waals surface area (Å²) in [6.45, 7) is 3.00. The van der Waals surface area contributed by atoms with Gasteiger partial charge in [-0.3, -0.25) is 9.59 Å². The van der Waals surface area contributed by atoms with Gasteiger partial charge in [0.2, 0.25) is 5.91 Å². The molecule has 1 aliphatic heterocycles. The van der Waals surface area contributed by atoms with E-state index in [1.807, 2.05) is 0 Å². The first-order chi connectivity index (χ1) is 17.7. The zero-order valence-electron chi connectivity index (χ0n) is 20.1. The number of carbonyl (C=O) groups excluding carboxylic acids is 2. The van der Waals surface area contributed by atoms with Crippen molar-refractivity contribution in [2.24, 2.45) is 0 Å². The Morgan fingerprint density at radius 3 is 1.97 bits per heavy atom. The molecule has 38 heavy (non-hydrogen) atoms. The third-order valence-corrected chi connectivity index (χ3v) is 6.62. The van der Waals surface area contributed by atoms with Crippen LogP contribution in [0, 0.1) is 0 Å². The topological polar surface area (TPSA) is 40.6 Å². The molecule has 0 bridgehead atoms. The van der Waals surface area contributed by atoms with Crippen molar-refractivity contribution in [2.45, 2.75) is 44.7 Å². The van der Waals surface area contributed by atoms with Crippen molar-refractivity contribution < 1.29 is 35.9 Å². The van der Waals surface area contributed by atoms with Gasteiger partial charge >= 0.3 is 12.4 Å². The summed E-state index contributed by atoms with van der Waals surface area (Å²) < 4.78 is 80.5. The van der Waals surface area contributed by atoms with Gasteiger partial charge in [0.1, 0.15) is 0 Å². The normalized spacial score (nSPS) is 17.7. The van der Waals surface area contributed by atoms with E-state index >= 15 is 0 Å². The first kappa shape index (κ1) is 27.5. The third kappa shape index (κ3) is 5.36. The van der Waals surface area contributed by atoms with Gasteiger partial charge in [-0.25, -0.2) is 0 Å². The molecule has 0 N–H and O–H groups in total. The Hall–Kier alpha value is -3.53. The minimum Gasteiger partial charge on any atom is -0.305 e. The number of rotatable bonds is 3. The third-order valence-electron chi connectivity index (χ3n) is 6.37. The number of benzene rings is 3. The van der Waals surface area contributed by atoms with Crippen molar-refractivity contribution in [1.29, 1.82) is 0 Å². The molecule has 200 valence electrons. The fourth-order valence-corrected chi connectivity index (χ4v) is 4.86. The van der Waals surface area contributed by atoms with Crippen LogP contribution in [0.5, 0.6) is 0 Å². The second-order valence-corrected chi connectivity index (χ2v) is 9.43. The summed E-state index contributed by atoms with van der Waals surface area (Å²) in [4.78, 5) is 29.0. The maximum Gasteiger partial charge on any atom is 0.416 e. The smallest absolute Gasteiger partial charge is 0.305 e. The van der Waals surface area contributed by atoms with E-state index in [9.17, 15) is 35.9 Å². The van der Waals surface area contributed by atoms with E-state index in [1.54, 1.807) is 55.5 Å². The van der Waals surface area contributed by atoms with Crippen molar-refractivity contribution in [3.63, 3.8) is 0 Å². The molecule has 4 rings (SSSR count). The van der Waals surface area contributed by atoms with Gasteiger partial charge in [0.15, 0.2) is 0 Å². The Kier molecular flexibility index (Phi) is 7.22. The van der Waals surface area contributed by atoms with Crippen LogP contribution in [0.4, 0.5) is 37.7 Å². The van der Waals surface area contributed by atoms with Crippen molar-refractivity contribution in [2.75, 3.05) is 9.80 Å². The quantitative estimate of drug-likeness (QED) is 0.309. The fourth-order valence-electron chi connectivity index (χ4n) is 4.74. The monoisotopic (exact) mass is 554 g/mol. The van der Waals surface area contributed by atoms with Gasteiger partial charge in [0.25, 0.3) is 5.91 Å². The molecule has 0 spiro atoms. The van der Waals surface area contributed by atoms with Gasteiger partial charge in [-0.15, -0.1) is 0 Å². The first-order valence-corrected chi connectivity index (χ1v) is 11.8. The minimum absolute atomic E-state index is 0.0166. The molecule has 3 aromatic carbocycles. The summed E-state index contributed by atoms with van der Waals surface area (Å²) in [5, 5.41) is 0.464. The van der Waals surface area contributed by atoms with Crippen LogP contribution in [0.25, 0.3) is 0 Å². The summed E-state index contributed by atoms with van der Waals surface area (Å²) in [5.41, 5.74) is -2.54. The largest absolute Gasteiger partial charge is 0.416 e. The van der Waals surface area contributed by atoms with E-state index < -0.39 is 47.0 Å². The molecule has 11 heteroatoms. The van der Waals surface area contributed by atoms with E-state index in [2.05, 4.69) is 0 Å². The van der Waals surface area contributed by atoms with E-state index in [-0.39, 0.29) is 24.1 Å². The summed E-state index contributed by atoms with van der Waals surface area (Å²) in [6, 6.07) is 12.7. The molecular weight excluding hydrogens is 534 g/mol. The molecule has 0 saturated heterocycles. The van der Waals surface area contributed by atoms with Crippen molar-refractivity contribution >= 4 is 34.8 Å². The van der Waals surface area contributed by atoms with Gasteiger partial charge in [0, 0.05) is 34.9 Å². The molecule has 0 saturated carbocycles. The number of carbonyl (C=O) groups is 2. The van der Waals surface area contributed by atoms with Crippen molar-refractivity contribution in [3.05, 3.63) is 94.0 Å².